The molecule has 0 radical (unpaired) electrons. The lowest BCUT2D eigenvalue weighted by Gasteiger charge is -2.37. The van der Waals surface area contributed by atoms with Gasteiger partial charge in [-0.3, -0.25) is 14.5 Å². The fourth-order valence-electron chi connectivity index (χ4n) is 9.38. The monoisotopic (exact) mass is 836 g/mol. The second-order valence-corrected chi connectivity index (χ2v) is 16.2. The van der Waals surface area contributed by atoms with Gasteiger partial charge in [-0.05, 0) is 35.7 Å². The number of imide groups is 1. The van der Waals surface area contributed by atoms with Crippen molar-refractivity contribution in [2.24, 2.45) is 0 Å². The van der Waals surface area contributed by atoms with Gasteiger partial charge in [0.25, 0.3) is 11.8 Å². The molecule has 2 aromatic heterocycles. The third-order valence-electron chi connectivity index (χ3n) is 12.3. The zero-order valence-electron chi connectivity index (χ0n) is 36.1. The van der Waals surface area contributed by atoms with Crippen molar-refractivity contribution in [3.63, 3.8) is 0 Å². The summed E-state index contributed by atoms with van der Waals surface area (Å²) in [5.74, 6) is -0.405. The lowest BCUT2D eigenvalue weighted by Crippen LogP contribution is -2.57. The molecule has 7 nitrogen and oxygen atoms in total. The molecule has 0 saturated carbocycles. The Morgan fingerprint density at radius 3 is 1.23 bits per heavy atom. The lowest BCUT2D eigenvalue weighted by atomic mass is 9.77. The molecule has 0 fully saturated rings. The van der Waals surface area contributed by atoms with E-state index >= 15 is 0 Å². The number of benzene rings is 7. The molecule has 10 rings (SSSR count). The molecule has 1 aliphatic heterocycles. The van der Waals surface area contributed by atoms with E-state index in [0.29, 0.717) is 30.6 Å². The average molecular weight is 837 g/mol. The number of fused-ring (bicyclic) bond motifs is 1. The van der Waals surface area contributed by atoms with Crippen LogP contribution in [0.3, 0.4) is 0 Å². The van der Waals surface area contributed by atoms with Gasteiger partial charge in [0.1, 0.15) is 17.4 Å². The van der Waals surface area contributed by atoms with Gasteiger partial charge in [0, 0.05) is 42.8 Å². The van der Waals surface area contributed by atoms with Crippen LogP contribution in [0.2, 0.25) is 0 Å². The van der Waals surface area contributed by atoms with Crippen molar-refractivity contribution >= 4 is 11.8 Å². The van der Waals surface area contributed by atoms with Gasteiger partial charge in [0.05, 0.1) is 29.7 Å². The summed E-state index contributed by atoms with van der Waals surface area (Å²) in [4.78, 5) is 31.5. The summed E-state index contributed by atoms with van der Waals surface area (Å²) in [6.07, 6.45) is 9.06. The Bertz CT molecular complexity index is 2740. The van der Waals surface area contributed by atoms with Crippen molar-refractivity contribution in [2.75, 3.05) is 6.54 Å². The first-order valence-electron chi connectivity index (χ1n) is 21.8. The van der Waals surface area contributed by atoms with Crippen molar-refractivity contribution in [3.05, 3.63) is 287 Å². The Hall–Kier alpha value is -7.90. The molecule has 2 amide bonds. The molecule has 0 saturated heterocycles. The number of carbonyl (C=O) groups excluding carboxylic acids is 2. The highest BCUT2D eigenvalue weighted by Gasteiger charge is 2.44. The van der Waals surface area contributed by atoms with Gasteiger partial charge in [0.2, 0.25) is 6.33 Å². The van der Waals surface area contributed by atoms with Crippen LogP contribution in [0.15, 0.2) is 231 Å². The number of amides is 2. The summed E-state index contributed by atoms with van der Waals surface area (Å²) in [6, 6.07) is 70.7. The number of hydrogen-bond acceptors (Lipinski definition) is 3. The topological polar surface area (TPSA) is 64.0 Å². The molecule has 64 heavy (non-hydrogen) atoms. The fourth-order valence-corrected chi connectivity index (χ4v) is 9.38. The van der Waals surface area contributed by atoms with Crippen LogP contribution in [0.1, 0.15) is 71.9 Å². The van der Waals surface area contributed by atoms with E-state index in [1.165, 1.54) is 21.6 Å². The third kappa shape index (κ3) is 7.55. The van der Waals surface area contributed by atoms with Crippen LogP contribution in [0.25, 0.3) is 0 Å². The summed E-state index contributed by atoms with van der Waals surface area (Å²) in [6.45, 7) is 5.19. The maximum absolute atomic E-state index is 12.8. The van der Waals surface area contributed by atoms with E-state index < -0.39 is 11.1 Å². The van der Waals surface area contributed by atoms with E-state index in [2.05, 4.69) is 208 Å². The molecule has 314 valence electrons. The highest BCUT2D eigenvalue weighted by Crippen LogP contribution is 2.41. The van der Waals surface area contributed by atoms with Gasteiger partial charge >= 0.3 is 0 Å². The van der Waals surface area contributed by atoms with Crippen molar-refractivity contribution in [3.8, 4) is 0 Å². The summed E-state index contributed by atoms with van der Waals surface area (Å²) in [5, 5.41) is 0. The molecule has 3 heterocycles. The molecule has 0 N–H and O–H groups in total. The average Bonchev–Trinajstić information content (AvgIpc) is 4.03. The SMILES string of the molecule is Cc1c[n+](C(c2ccccc2)(c2ccccc2)c2ccccc2)cn1CCCN1C(=O)c2ccccc2C1=O.Cc1cn(C(c2ccccc2)(c2ccccc2)c2ccccc2)cn1. The van der Waals surface area contributed by atoms with Crippen molar-refractivity contribution in [2.45, 2.75) is 37.9 Å². The molecular formula is C57H50N5O2+. The van der Waals surface area contributed by atoms with Gasteiger partial charge < -0.3 is 4.57 Å². The van der Waals surface area contributed by atoms with Crippen LogP contribution in [0, 0.1) is 13.8 Å². The largest absolute Gasteiger partial charge is 0.319 e. The van der Waals surface area contributed by atoms with Crippen LogP contribution < -0.4 is 4.57 Å². The van der Waals surface area contributed by atoms with E-state index in [0.717, 1.165) is 28.1 Å². The molecule has 0 bridgehead atoms. The van der Waals surface area contributed by atoms with Crippen molar-refractivity contribution in [1.82, 2.24) is 19.0 Å². The van der Waals surface area contributed by atoms with E-state index in [1.54, 1.807) is 24.3 Å². The standard InChI is InChI=1S/C34H30N3O2.C23H20N2/c1-26-24-36(25-35(26)22-13-23-37-32(38)30-20-11-12-21-31(30)33(37)39)34(27-14-5-2-6-15-27,28-16-7-3-8-17-28)29-18-9-4-10-19-29;1-19-17-25(18-24-19)23(20-11-5-2-6-12-20,21-13-7-3-8-14-21)22-15-9-4-10-16-22/h2-12,14-21,24-25H,13,22-23H2,1H3;2-18H,1H3/q+1;. The van der Waals surface area contributed by atoms with Crippen LogP contribution in [0.4, 0.5) is 0 Å². The molecule has 7 aromatic carbocycles. The summed E-state index contributed by atoms with van der Waals surface area (Å²) < 4.78 is 6.73. The Kier molecular flexibility index (Phi) is 11.8. The Balaban J connectivity index is 0.000000178. The van der Waals surface area contributed by atoms with Gasteiger partial charge in [-0.15, -0.1) is 0 Å². The number of imidazole rings is 2. The smallest absolute Gasteiger partial charge is 0.261 e. The van der Waals surface area contributed by atoms with Crippen LogP contribution >= 0.6 is 0 Å². The molecule has 0 spiro atoms. The molecule has 0 unspecified atom stereocenters. The summed E-state index contributed by atoms with van der Waals surface area (Å²) >= 11 is 0. The first kappa shape index (κ1) is 41.5. The third-order valence-corrected chi connectivity index (χ3v) is 12.3. The maximum Gasteiger partial charge on any atom is 0.261 e. The van der Waals surface area contributed by atoms with Gasteiger partial charge in [-0.1, -0.05) is 194 Å². The predicted molar refractivity (Wildman–Crippen MR) is 252 cm³/mol. The maximum atomic E-state index is 12.8. The number of carbonyl (C=O) groups is 2. The fraction of sp³-hybridized carbons (Fsp3) is 0.123. The molecule has 0 atom stereocenters. The first-order valence-corrected chi connectivity index (χ1v) is 21.8. The lowest BCUT2D eigenvalue weighted by molar-refractivity contribution is -0.734. The number of aromatic nitrogens is 4. The summed E-state index contributed by atoms with van der Waals surface area (Å²) in [7, 11) is 0. The van der Waals surface area contributed by atoms with Crippen molar-refractivity contribution in [1.29, 1.82) is 0 Å². The molecule has 7 heteroatoms. The van der Waals surface area contributed by atoms with Gasteiger partial charge in [0.15, 0.2) is 5.54 Å². The second-order valence-electron chi connectivity index (χ2n) is 16.2. The summed E-state index contributed by atoms with van der Waals surface area (Å²) in [5.41, 5.74) is 9.19. The number of hydrogen-bond donors (Lipinski definition) is 0. The Morgan fingerprint density at radius 2 is 0.859 bits per heavy atom. The quantitative estimate of drug-likeness (QED) is 0.0700. The van der Waals surface area contributed by atoms with E-state index in [1.807, 2.05) is 31.5 Å². The highest BCUT2D eigenvalue weighted by molar-refractivity contribution is 6.21. The molecule has 1 aliphatic rings. The zero-order valence-corrected chi connectivity index (χ0v) is 36.1. The van der Waals surface area contributed by atoms with Crippen LogP contribution in [0.5, 0.6) is 0 Å². The Morgan fingerprint density at radius 1 is 0.484 bits per heavy atom. The van der Waals surface area contributed by atoms with Crippen molar-refractivity contribution < 1.29 is 14.2 Å². The molecule has 0 aliphatic carbocycles. The van der Waals surface area contributed by atoms with Gasteiger partial charge in [-0.2, -0.15) is 0 Å². The number of aryl methyl sites for hydroxylation is 3. The van der Waals surface area contributed by atoms with E-state index in [4.69, 9.17) is 0 Å². The van der Waals surface area contributed by atoms with Crippen LogP contribution in [-0.4, -0.2) is 37.4 Å². The minimum atomic E-state index is -0.581. The van der Waals surface area contributed by atoms with E-state index in [9.17, 15) is 9.59 Å². The van der Waals surface area contributed by atoms with Gasteiger partial charge in [-0.25, -0.2) is 14.1 Å². The molecular weight excluding hydrogens is 787 g/mol. The van der Waals surface area contributed by atoms with E-state index in [-0.39, 0.29) is 11.8 Å². The highest BCUT2D eigenvalue weighted by atomic mass is 16.2. The number of nitrogens with zero attached hydrogens (tertiary/aromatic N) is 5. The number of rotatable bonds is 12. The minimum Gasteiger partial charge on any atom is -0.319 e. The zero-order chi connectivity index (χ0) is 43.9. The molecule has 9 aromatic rings. The minimum absolute atomic E-state index is 0.203. The normalized spacial score (nSPS) is 12.4. The second kappa shape index (κ2) is 18.2. The first-order chi connectivity index (χ1) is 31.4. The van der Waals surface area contributed by atoms with Crippen LogP contribution in [-0.2, 0) is 17.6 Å². The predicted octanol–water partition coefficient (Wildman–Crippen LogP) is 10.6. The Labute approximate surface area is 375 Å².